The first-order valence-corrected chi connectivity index (χ1v) is 12.2. The monoisotopic (exact) mass is 447 g/mol. The van der Waals surface area contributed by atoms with Crippen molar-refractivity contribution in [3.63, 3.8) is 0 Å². The van der Waals surface area contributed by atoms with E-state index in [0.717, 1.165) is 37.3 Å². The number of piperidine rings is 1. The zero-order valence-corrected chi connectivity index (χ0v) is 18.3. The van der Waals surface area contributed by atoms with Crippen LogP contribution in [0.3, 0.4) is 0 Å². The summed E-state index contributed by atoms with van der Waals surface area (Å²) in [6.45, 7) is 2.58. The highest BCUT2D eigenvalue weighted by Crippen LogP contribution is 2.30. The molecule has 1 atom stereocenters. The van der Waals surface area contributed by atoms with Crippen molar-refractivity contribution < 1.29 is 13.2 Å². The van der Waals surface area contributed by atoms with Crippen LogP contribution in [-0.4, -0.2) is 44.8 Å². The van der Waals surface area contributed by atoms with Crippen molar-refractivity contribution >= 4 is 38.9 Å². The highest BCUT2D eigenvalue weighted by molar-refractivity contribution is 7.89. The van der Waals surface area contributed by atoms with Gasteiger partial charge in [-0.25, -0.2) is 8.42 Å². The van der Waals surface area contributed by atoms with Crippen LogP contribution in [0.15, 0.2) is 53.4 Å². The van der Waals surface area contributed by atoms with Crippen LogP contribution in [-0.2, 0) is 14.8 Å². The Kier molecular flexibility index (Phi) is 6.32. The molecule has 1 amide bonds. The van der Waals surface area contributed by atoms with Crippen LogP contribution in [0.1, 0.15) is 25.7 Å². The largest absolute Gasteiger partial charge is 0.370 e. The van der Waals surface area contributed by atoms with Crippen molar-refractivity contribution in [1.82, 2.24) is 4.31 Å². The highest BCUT2D eigenvalue weighted by Gasteiger charge is 2.33. The molecule has 2 aliphatic rings. The Balaban J connectivity index is 1.47. The molecular formula is C22H26ClN3O3S. The number of hydrogen-bond acceptors (Lipinski definition) is 4. The number of hydrogen-bond donors (Lipinski definition) is 1. The number of amides is 1. The van der Waals surface area contributed by atoms with Crippen molar-refractivity contribution in [2.75, 3.05) is 36.4 Å². The predicted octanol–water partition coefficient (Wildman–Crippen LogP) is 3.98. The Hall–Kier alpha value is -2.09. The second kappa shape index (κ2) is 8.96. The van der Waals surface area contributed by atoms with E-state index in [2.05, 4.69) is 10.2 Å². The van der Waals surface area contributed by atoms with E-state index < -0.39 is 10.0 Å². The number of sulfonamides is 1. The van der Waals surface area contributed by atoms with E-state index >= 15 is 0 Å². The fraction of sp³-hybridized carbons (Fsp3) is 0.409. The number of anilines is 2. The zero-order valence-electron chi connectivity index (χ0n) is 16.8. The molecule has 0 spiro atoms. The van der Waals surface area contributed by atoms with Gasteiger partial charge in [-0.05, 0) is 62.1 Å². The minimum absolute atomic E-state index is 0.127. The van der Waals surface area contributed by atoms with Crippen molar-refractivity contribution in [1.29, 1.82) is 0 Å². The van der Waals surface area contributed by atoms with Crippen LogP contribution in [0, 0.1) is 5.92 Å². The van der Waals surface area contributed by atoms with Crippen molar-refractivity contribution in [2.24, 2.45) is 5.92 Å². The lowest BCUT2D eigenvalue weighted by Crippen LogP contribution is -2.43. The van der Waals surface area contributed by atoms with Crippen LogP contribution in [0.25, 0.3) is 0 Å². The van der Waals surface area contributed by atoms with E-state index in [-0.39, 0.29) is 23.3 Å². The Morgan fingerprint density at radius 2 is 1.67 bits per heavy atom. The molecule has 2 aromatic carbocycles. The summed E-state index contributed by atoms with van der Waals surface area (Å²) in [7, 11) is -3.65. The quantitative estimate of drug-likeness (QED) is 0.752. The molecule has 30 heavy (non-hydrogen) atoms. The van der Waals surface area contributed by atoms with Gasteiger partial charge in [0.15, 0.2) is 0 Å². The van der Waals surface area contributed by atoms with Gasteiger partial charge in [-0.2, -0.15) is 4.31 Å². The molecule has 0 unspecified atom stereocenters. The SMILES string of the molecule is O=C(Nc1ccccc1N1CCCC1)[C@@H]1CCCN(S(=O)(=O)c2ccc(Cl)cc2)C1. The van der Waals surface area contributed by atoms with Crippen molar-refractivity contribution in [2.45, 2.75) is 30.6 Å². The average molecular weight is 448 g/mol. The van der Waals surface area contributed by atoms with Gasteiger partial charge in [-0.15, -0.1) is 0 Å². The summed E-state index contributed by atoms with van der Waals surface area (Å²) in [6, 6.07) is 14.0. The fourth-order valence-electron chi connectivity index (χ4n) is 4.18. The molecule has 0 aromatic heterocycles. The molecule has 6 nitrogen and oxygen atoms in total. The van der Waals surface area contributed by atoms with E-state index in [4.69, 9.17) is 11.6 Å². The maximum absolute atomic E-state index is 13.0. The molecule has 0 aliphatic carbocycles. The second-order valence-corrected chi connectivity index (χ2v) is 10.2. The van der Waals surface area contributed by atoms with E-state index in [0.29, 0.717) is 24.4 Å². The number of carbonyl (C=O) groups is 1. The van der Waals surface area contributed by atoms with Gasteiger partial charge in [0.1, 0.15) is 0 Å². The Morgan fingerprint density at radius 1 is 0.967 bits per heavy atom. The number of rotatable bonds is 5. The summed E-state index contributed by atoms with van der Waals surface area (Å²) in [5, 5.41) is 3.54. The summed E-state index contributed by atoms with van der Waals surface area (Å²) in [5.41, 5.74) is 1.83. The second-order valence-electron chi connectivity index (χ2n) is 7.86. The molecule has 4 rings (SSSR count). The molecule has 8 heteroatoms. The van der Waals surface area contributed by atoms with Gasteiger partial charge in [0.2, 0.25) is 15.9 Å². The van der Waals surface area contributed by atoms with Crippen LogP contribution in [0.2, 0.25) is 5.02 Å². The van der Waals surface area contributed by atoms with Gasteiger partial charge in [-0.3, -0.25) is 4.79 Å². The molecule has 0 radical (unpaired) electrons. The lowest BCUT2D eigenvalue weighted by atomic mass is 9.98. The Labute approximate surface area is 182 Å². The molecule has 2 aliphatic heterocycles. The summed E-state index contributed by atoms with van der Waals surface area (Å²) in [4.78, 5) is 15.5. The first-order chi connectivity index (χ1) is 14.4. The molecule has 160 valence electrons. The minimum Gasteiger partial charge on any atom is -0.370 e. The smallest absolute Gasteiger partial charge is 0.243 e. The molecule has 0 saturated carbocycles. The van der Waals surface area contributed by atoms with Gasteiger partial charge in [-0.1, -0.05) is 23.7 Å². The van der Waals surface area contributed by atoms with Gasteiger partial charge in [0, 0.05) is 31.2 Å². The molecule has 2 aromatic rings. The first kappa shape index (κ1) is 21.2. The van der Waals surface area contributed by atoms with Crippen LogP contribution in [0.4, 0.5) is 11.4 Å². The van der Waals surface area contributed by atoms with Gasteiger partial charge >= 0.3 is 0 Å². The van der Waals surface area contributed by atoms with E-state index in [1.54, 1.807) is 12.1 Å². The highest BCUT2D eigenvalue weighted by atomic mass is 35.5. The van der Waals surface area contributed by atoms with Crippen LogP contribution in [0.5, 0.6) is 0 Å². The normalized spacial score (nSPS) is 20.3. The maximum atomic E-state index is 13.0. The van der Waals surface area contributed by atoms with E-state index in [1.807, 2.05) is 24.3 Å². The van der Waals surface area contributed by atoms with Crippen molar-refractivity contribution in [3.05, 3.63) is 53.6 Å². The molecule has 0 bridgehead atoms. The topological polar surface area (TPSA) is 69.7 Å². The summed E-state index contributed by atoms with van der Waals surface area (Å²) in [5.74, 6) is -0.509. The number of para-hydroxylation sites is 2. The number of benzene rings is 2. The van der Waals surface area contributed by atoms with E-state index in [1.165, 1.54) is 16.4 Å². The van der Waals surface area contributed by atoms with Crippen LogP contribution >= 0.6 is 11.6 Å². The number of halogens is 1. The average Bonchev–Trinajstić information content (AvgIpc) is 3.29. The van der Waals surface area contributed by atoms with Gasteiger partial charge in [0.05, 0.1) is 22.2 Å². The number of nitrogens with zero attached hydrogens (tertiary/aromatic N) is 2. The molecule has 2 fully saturated rings. The number of carbonyl (C=O) groups excluding carboxylic acids is 1. The van der Waals surface area contributed by atoms with Gasteiger partial charge in [0.25, 0.3) is 0 Å². The first-order valence-electron chi connectivity index (χ1n) is 10.4. The summed E-state index contributed by atoms with van der Waals surface area (Å²) in [6.07, 6.45) is 3.63. The summed E-state index contributed by atoms with van der Waals surface area (Å²) >= 11 is 5.88. The lowest BCUT2D eigenvalue weighted by molar-refractivity contribution is -0.120. The minimum atomic E-state index is -3.65. The molecular weight excluding hydrogens is 422 g/mol. The zero-order chi connectivity index (χ0) is 21.1. The van der Waals surface area contributed by atoms with Gasteiger partial charge < -0.3 is 10.2 Å². The molecule has 2 saturated heterocycles. The number of nitrogens with one attached hydrogen (secondary N) is 1. The third-order valence-electron chi connectivity index (χ3n) is 5.81. The van der Waals surface area contributed by atoms with E-state index in [9.17, 15) is 13.2 Å². The van der Waals surface area contributed by atoms with Crippen LogP contribution < -0.4 is 10.2 Å². The van der Waals surface area contributed by atoms with Crippen molar-refractivity contribution in [3.8, 4) is 0 Å². The summed E-state index contributed by atoms with van der Waals surface area (Å²) < 4.78 is 27.4. The standard InChI is InChI=1S/C22H26ClN3O3S/c23-18-9-11-19(12-10-18)30(28,29)26-15-5-6-17(16-26)22(27)24-20-7-1-2-8-21(20)25-13-3-4-14-25/h1-2,7-12,17H,3-6,13-16H2,(H,24,27)/t17-/m1/s1. The maximum Gasteiger partial charge on any atom is 0.243 e. The Morgan fingerprint density at radius 3 is 2.40 bits per heavy atom. The third kappa shape index (κ3) is 4.48. The Bertz CT molecular complexity index is 1000. The fourth-order valence-corrected chi connectivity index (χ4v) is 5.83. The lowest BCUT2D eigenvalue weighted by Gasteiger charge is -2.31. The third-order valence-corrected chi connectivity index (χ3v) is 7.95. The predicted molar refractivity (Wildman–Crippen MR) is 119 cm³/mol. The molecule has 1 N–H and O–H groups in total. The molecule has 2 heterocycles.